The number of amides is 4. The van der Waals surface area contributed by atoms with Gasteiger partial charge in [0.15, 0.2) is 0 Å². The van der Waals surface area contributed by atoms with Crippen LogP contribution in [-0.4, -0.2) is 64.2 Å². The highest BCUT2D eigenvalue weighted by Gasteiger charge is 2.29. The van der Waals surface area contributed by atoms with E-state index in [2.05, 4.69) is 25.9 Å². The lowest BCUT2D eigenvalue weighted by Crippen LogP contribution is -2.50. The van der Waals surface area contributed by atoms with E-state index in [9.17, 15) is 19.2 Å². The highest BCUT2D eigenvalue weighted by molar-refractivity contribution is 7.10. The van der Waals surface area contributed by atoms with Crippen molar-refractivity contribution in [1.82, 2.24) is 30.8 Å². The first kappa shape index (κ1) is 35.1. The molecule has 0 saturated carbocycles. The van der Waals surface area contributed by atoms with Crippen LogP contribution >= 0.6 is 35.1 Å². The van der Waals surface area contributed by atoms with Gasteiger partial charge < -0.3 is 26.6 Å². The third kappa shape index (κ3) is 9.07. The molecular formula is C30H40ClN7O4S2. The van der Waals surface area contributed by atoms with Crippen molar-refractivity contribution in [2.45, 2.75) is 58.7 Å². The van der Waals surface area contributed by atoms with Crippen LogP contribution in [0.15, 0.2) is 41.1 Å². The van der Waals surface area contributed by atoms with Crippen molar-refractivity contribution >= 4 is 58.7 Å². The number of hydrogen-bond acceptors (Lipinski definition) is 9. The Morgan fingerprint density at radius 3 is 2.27 bits per heavy atom. The first-order valence-corrected chi connectivity index (χ1v) is 16.2. The van der Waals surface area contributed by atoms with Gasteiger partial charge in [-0.15, -0.1) is 35.1 Å². The predicted molar refractivity (Wildman–Crippen MR) is 174 cm³/mol. The second-order valence-electron chi connectivity index (χ2n) is 11.3. The second-order valence-corrected chi connectivity index (χ2v) is 13.1. The first-order valence-electron chi connectivity index (χ1n) is 14.4. The minimum Gasteiger partial charge on any atom is -0.351 e. The summed E-state index contributed by atoms with van der Waals surface area (Å²) in [5.74, 6) is -1.54. The molecule has 0 saturated heterocycles. The average Bonchev–Trinajstić information content (AvgIpc) is 3.67. The SMILES string of the molecule is CC(C)[C@@H]1NC(=O)c2csc(n2)C(Cc2ccccc2)NC(=O)CN(C(=O)[C@H](N)C(C)C)CCCNC(=O)c2csc1n2.Cl. The van der Waals surface area contributed by atoms with Crippen LogP contribution in [0, 0.1) is 11.8 Å². The fraction of sp³-hybridized carbons (Fsp3) is 0.467. The smallest absolute Gasteiger partial charge is 0.271 e. The lowest BCUT2D eigenvalue weighted by Gasteiger charge is -2.28. The molecule has 1 aliphatic rings. The van der Waals surface area contributed by atoms with Crippen LogP contribution in [-0.2, 0) is 16.0 Å². The molecule has 14 heteroatoms. The van der Waals surface area contributed by atoms with Crippen LogP contribution in [0.2, 0.25) is 0 Å². The summed E-state index contributed by atoms with van der Waals surface area (Å²) in [7, 11) is 0. The summed E-state index contributed by atoms with van der Waals surface area (Å²) in [6.45, 7) is 7.94. The molecule has 4 rings (SSSR count). The number of carbonyl (C=O) groups excluding carboxylic acids is 4. The normalized spacial score (nSPS) is 19.2. The van der Waals surface area contributed by atoms with Crippen LogP contribution in [0.25, 0.3) is 0 Å². The van der Waals surface area contributed by atoms with Crippen LogP contribution in [0.4, 0.5) is 0 Å². The van der Waals surface area contributed by atoms with Gasteiger partial charge in [0.05, 0.1) is 24.7 Å². The number of benzene rings is 1. The van der Waals surface area contributed by atoms with Crippen molar-refractivity contribution < 1.29 is 19.2 Å². The Morgan fingerprint density at radius 2 is 1.61 bits per heavy atom. The maximum atomic E-state index is 13.4. The summed E-state index contributed by atoms with van der Waals surface area (Å²) in [4.78, 5) is 63.4. The molecule has 238 valence electrons. The average molecular weight is 662 g/mol. The third-order valence-electron chi connectivity index (χ3n) is 7.18. The minimum absolute atomic E-state index is 0. The first-order chi connectivity index (χ1) is 20.5. The monoisotopic (exact) mass is 661 g/mol. The Labute approximate surface area is 271 Å². The third-order valence-corrected chi connectivity index (χ3v) is 9.07. The Morgan fingerprint density at radius 1 is 0.977 bits per heavy atom. The van der Waals surface area contributed by atoms with Gasteiger partial charge in [-0.3, -0.25) is 19.2 Å². The largest absolute Gasteiger partial charge is 0.351 e. The van der Waals surface area contributed by atoms with Gasteiger partial charge in [-0.05, 0) is 30.2 Å². The Hall–Kier alpha value is -3.39. The van der Waals surface area contributed by atoms with Gasteiger partial charge in [0.1, 0.15) is 21.4 Å². The highest BCUT2D eigenvalue weighted by atomic mass is 35.5. The number of nitrogens with one attached hydrogen (secondary N) is 3. The molecule has 1 aliphatic heterocycles. The van der Waals surface area contributed by atoms with E-state index in [0.717, 1.165) is 5.56 Å². The van der Waals surface area contributed by atoms with Crippen molar-refractivity contribution in [2.75, 3.05) is 19.6 Å². The van der Waals surface area contributed by atoms with Gasteiger partial charge in [-0.25, -0.2) is 9.97 Å². The second kappa shape index (κ2) is 16.1. The number of rotatable bonds is 5. The predicted octanol–water partition coefficient (Wildman–Crippen LogP) is 3.49. The van der Waals surface area contributed by atoms with Crippen molar-refractivity contribution in [2.24, 2.45) is 17.6 Å². The number of nitrogens with two attached hydrogens (primary N) is 1. The number of fused-ring (bicyclic) bond motifs is 4. The van der Waals surface area contributed by atoms with E-state index in [1.165, 1.54) is 27.6 Å². The van der Waals surface area contributed by atoms with Gasteiger partial charge in [0.25, 0.3) is 11.8 Å². The quantitative estimate of drug-likeness (QED) is 0.326. The van der Waals surface area contributed by atoms with Crippen molar-refractivity contribution in [3.8, 4) is 0 Å². The molecule has 0 aliphatic carbocycles. The molecule has 11 nitrogen and oxygen atoms in total. The maximum absolute atomic E-state index is 13.4. The summed E-state index contributed by atoms with van der Waals surface area (Å²) in [5, 5.41) is 13.4. The minimum atomic E-state index is -0.772. The summed E-state index contributed by atoms with van der Waals surface area (Å²) < 4.78 is 0. The maximum Gasteiger partial charge on any atom is 0.271 e. The van der Waals surface area contributed by atoms with Gasteiger partial charge in [0.2, 0.25) is 11.8 Å². The van der Waals surface area contributed by atoms with E-state index in [4.69, 9.17) is 5.73 Å². The molecule has 4 amide bonds. The fourth-order valence-electron chi connectivity index (χ4n) is 4.60. The number of thiazole rings is 2. The lowest BCUT2D eigenvalue weighted by atomic mass is 10.0. The number of aromatic nitrogens is 2. The number of nitrogens with zero attached hydrogens (tertiary/aromatic N) is 3. The summed E-state index contributed by atoms with van der Waals surface area (Å²) in [6, 6.07) is 7.96. The molecule has 2 aromatic heterocycles. The van der Waals surface area contributed by atoms with E-state index in [1.807, 2.05) is 58.0 Å². The number of carbonyl (C=O) groups is 4. The van der Waals surface area contributed by atoms with Crippen molar-refractivity contribution in [3.05, 3.63) is 68.1 Å². The van der Waals surface area contributed by atoms with Gasteiger partial charge >= 0.3 is 0 Å². The fourth-order valence-corrected chi connectivity index (χ4v) is 6.47. The molecule has 1 unspecified atom stereocenters. The molecule has 1 aromatic carbocycles. The van der Waals surface area contributed by atoms with Crippen molar-refractivity contribution in [1.29, 1.82) is 0 Å². The topological polar surface area (TPSA) is 159 Å². The van der Waals surface area contributed by atoms with Crippen molar-refractivity contribution in [3.63, 3.8) is 0 Å². The van der Waals surface area contributed by atoms with Crippen LogP contribution in [0.5, 0.6) is 0 Å². The van der Waals surface area contributed by atoms with E-state index in [-0.39, 0.29) is 78.9 Å². The number of halogens is 1. The molecule has 3 heterocycles. The number of hydrogen-bond donors (Lipinski definition) is 4. The molecule has 0 radical (unpaired) electrons. The zero-order valence-corrected chi connectivity index (χ0v) is 27.7. The summed E-state index contributed by atoms with van der Waals surface area (Å²) >= 11 is 2.60. The lowest BCUT2D eigenvalue weighted by molar-refractivity contribution is -0.138. The molecule has 44 heavy (non-hydrogen) atoms. The molecule has 4 bridgehead atoms. The molecular weight excluding hydrogens is 622 g/mol. The molecule has 3 aromatic rings. The Kier molecular flexibility index (Phi) is 12.8. The van der Waals surface area contributed by atoms with E-state index in [1.54, 1.807) is 10.8 Å². The summed E-state index contributed by atoms with van der Waals surface area (Å²) in [5.41, 5.74) is 7.65. The van der Waals surface area contributed by atoms with Crippen LogP contribution in [0.1, 0.15) is 82.8 Å². The molecule has 0 fully saturated rings. The zero-order valence-electron chi connectivity index (χ0n) is 25.2. The Balaban J connectivity index is 0.00000529. The van der Waals surface area contributed by atoms with Gasteiger partial charge in [-0.1, -0.05) is 58.0 Å². The molecule has 3 atom stereocenters. The van der Waals surface area contributed by atoms with Crippen LogP contribution in [0.3, 0.4) is 0 Å². The van der Waals surface area contributed by atoms with Crippen LogP contribution < -0.4 is 21.7 Å². The standard InChI is InChI=1S/C30H39N7O4S2.ClH/c1-17(2)24(31)30(41)37-12-8-11-32-26(39)21-15-43-29(35-21)25(18(3)4)36-27(40)22-16-42-28(34-22)20(33-23(38)14-37)13-19-9-6-5-7-10-19;/h5-7,9-10,15-18,20,24-25H,8,11-14,31H2,1-4H3,(H,32,39)(H,33,38)(H,36,40);1H/t20?,24-,25+;/m1./s1. The van der Waals surface area contributed by atoms with Gasteiger partial charge in [0, 0.05) is 23.8 Å². The highest BCUT2D eigenvalue weighted by Crippen LogP contribution is 2.27. The van der Waals surface area contributed by atoms with E-state index in [0.29, 0.717) is 22.9 Å². The van der Waals surface area contributed by atoms with E-state index < -0.39 is 18.1 Å². The molecule has 0 spiro atoms. The van der Waals surface area contributed by atoms with Gasteiger partial charge in [-0.2, -0.15) is 0 Å². The Bertz CT molecular complexity index is 1430. The van der Waals surface area contributed by atoms with E-state index >= 15 is 0 Å². The molecule has 5 N–H and O–H groups in total. The zero-order chi connectivity index (χ0) is 31.1. The summed E-state index contributed by atoms with van der Waals surface area (Å²) in [6.07, 6.45) is 0.865.